The standard InChI is InChI=1S/C14H21ClF4OS/c1-2-3-4-5-6-20-12-8-13(10(15)7-11(12)16)21-9-14(17,18)19/h8,10-12H,2-7,9H2,1H3. The van der Waals surface area contributed by atoms with E-state index < -0.39 is 29.6 Å². The Balaban J connectivity index is 2.47. The van der Waals surface area contributed by atoms with Crippen molar-refractivity contribution >= 4 is 23.4 Å². The molecule has 3 atom stereocenters. The summed E-state index contributed by atoms with van der Waals surface area (Å²) in [6.45, 7) is 2.51. The van der Waals surface area contributed by atoms with E-state index in [1.54, 1.807) is 0 Å². The monoisotopic (exact) mass is 348 g/mol. The minimum absolute atomic E-state index is 0.00211. The minimum atomic E-state index is -4.26. The summed E-state index contributed by atoms with van der Waals surface area (Å²) in [7, 11) is 0. The number of thioether (sulfide) groups is 1. The Hall–Kier alpha value is 0.0600. The zero-order chi connectivity index (χ0) is 15.9. The van der Waals surface area contributed by atoms with Crippen LogP contribution < -0.4 is 0 Å². The number of ether oxygens (including phenoxy) is 1. The van der Waals surface area contributed by atoms with Gasteiger partial charge in [0.1, 0.15) is 12.3 Å². The molecule has 0 aliphatic heterocycles. The number of hydrogen-bond donors (Lipinski definition) is 0. The van der Waals surface area contributed by atoms with E-state index in [4.69, 9.17) is 16.3 Å². The van der Waals surface area contributed by atoms with Gasteiger partial charge in [0.05, 0.1) is 11.1 Å². The molecule has 1 aliphatic rings. The molecule has 0 N–H and O–H groups in total. The predicted molar refractivity (Wildman–Crippen MR) is 79.6 cm³/mol. The quantitative estimate of drug-likeness (QED) is 0.326. The average molecular weight is 349 g/mol. The molecule has 1 rings (SSSR count). The zero-order valence-corrected chi connectivity index (χ0v) is 13.5. The van der Waals surface area contributed by atoms with Crippen molar-refractivity contribution in [3.05, 3.63) is 11.0 Å². The van der Waals surface area contributed by atoms with Crippen molar-refractivity contribution in [1.82, 2.24) is 0 Å². The van der Waals surface area contributed by atoms with Crippen molar-refractivity contribution in [2.45, 2.75) is 62.9 Å². The molecule has 0 saturated carbocycles. The molecule has 0 saturated heterocycles. The maximum atomic E-state index is 13.8. The molecule has 0 fully saturated rings. The third-order valence-corrected chi connectivity index (χ3v) is 4.90. The van der Waals surface area contributed by atoms with Gasteiger partial charge in [-0.05, 0) is 12.5 Å². The molecule has 21 heavy (non-hydrogen) atoms. The maximum absolute atomic E-state index is 13.8. The largest absolute Gasteiger partial charge is 0.398 e. The second kappa shape index (κ2) is 9.26. The van der Waals surface area contributed by atoms with E-state index >= 15 is 0 Å². The summed E-state index contributed by atoms with van der Waals surface area (Å²) in [5.74, 6) is -1.01. The van der Waals surface area contributed by atoms with Crippen LogP contribution in [0.3, 0.4) is 0 Å². The Kier molecular flexibility index (Phi) is 8.42. The second-order valence-corrected chi connectivity index (χ2v) is 6.66. The van der Waals surface area contributed by atoms with Crippen molar-refractivity contribution < 1.29 is 22.3 Å². The van der Waals surface area contributed by atoms with Crippen LogP contribution in [0.5, 0.6) is 0 Å². The van der Waals surface area contributed by atoms with Gasteiger partial charge in [-0.15, -0.1) is 23.4 Å². The SMILES string of the molecule is CCCCCCOC1C=C(SCC(F)(F)F)C(Cl)CC1F. The topological polar surface area (TPSA) is 9.23 Å². The van der Waals surface area contributed by atoms with Gasteiger partial charge in [0.15, 0.2) is 0 Å². The molecule has 0 bridgehead atoms. The Morgan fingerprint density at radius 1 is 1.33 bits per heavy atom. The van der Waals surface area contributed by atoms with Crippen molar-refractivity contribution in [3.8, 4) is 0 Å². The molecule has 3 unspecified atom stereocenters. The smallest absolute Gasteiger partial charge is 0.371 e. The minimum Gasteiger partial charge on any atom is -0.371 e. The van der Waals surface area contributed by atoms with Gasteiger partial charge in [-0.25, -0.2) is 4.39 Å². The molecular weight excluding hydrogens is 328 g/mol. The van der Waals surface area contributed by atoms with Gasteiger partial charge in [0.2, 0.25) is 0 Å². The molecule has 1 aliphatic carbocycles. The third kappa shape index (κ3) is 7.75. The first kappa shape index (κ1) is 19.1. The highest BCUT2D eigenvalue weighted by atomic mass is 35.5. The van der Waals surface area contributed by atoms with Crippen LogP contribution in [-0.2, 0) is 4.74 Å². The van der Waals surface area contributed by atoms with Crippen LogP contribution in [0.15, 0.2) is 11.0 Å². The van der Waals surface area contributed by atoms with Crippen LogP contribution in [0.4, 0.5) is 17.6 Å². The predicted octanol–water partition coefficient (Wildman–Crippen LogP) is 5.48. The van der Waals surface area contributed by atoms with E-state index in [0.29, 0.717) is 23.3 Å². The van der Waals surface area contributed by atoms with Crippen LogP contribution in [0.2, 0.25) is 0 Å². The highest BCUT2D eigenvalue weighted by Crippen LogP contribution is 2.37. The van der Waals surface area contributed by atoms with Gasteiger partial charge in [-0.3, -0.25) is 0 Å². The van der Waals surface area contributed by atoms with Gasteiger partial charge in [-0.2, -0.15) is 13.2 Å². The lowest BCUT2D eigenvalue weighted by Gasteiger charge is -2.28. The number of hydrogen-bond acceptors (Lipinski definition) is 2. The van der Waals surface area contributed by atoms with E-state index in [2.05, 4.69) is 6.92 Å². The van der Waals surface area contributed by atoms with Gasteiger partial charge in [0.25, 0.3) is 0 Å². The van der Waals surface area contributed by atoms with Crippen LogP contribution in [0.1, 0.15) is 39.0 Å². The highest BCUT2D eigenvalue weighted by Gasteiger charge is 2.34. The Morgan fingerprint density at radius 3 is 2.67 bits per heavy atom. The highest BCUT2D eigenvalue weighted by molar-refractivity contribution is 8.03. The van der Waals surface area contributed by atoms with E-state index in [9.17, 15) is 17.6 Å². The number of unbranched alkanes of at least 4 members (excludes halogenated alkanes) is 3. The fourth-order valence-corrected chi connectivity index (χ4v) is 3.29. The molecule has 0 aromatic carbocycles. The van der Waals surface area contributed by atoms with Crippen LogP contribution in [-0.4, -0.2) is 36.2 Å². The number of allylic oxidation sites excluding steroid dienone is 1. The summed E-state index contributed by atoms with van der Waals surface area (Å²) in [5.41, 5.74) is 0. The summed E-state index contributed by atoms with van der Waals surface area (Å²) in [6.07, 6.45) is -0.838. The number of halogens is 5. The average Bonchev–Trinajstić information content (AvgIpc) is 2.38. The number of alkyl halides is 5. The first-order chi connectivity index (χ1) is 9.83. The Morgan fingerprint density at radius 2 is 2.05 bits per heavy atom. The first-order valence-corrected chi connectivity index (χ1v) is 8.56. The van der Waals surface area contributed by atoms with Gasteiger partial charge in [-0.1, -0.05) is 26.2 Å². The van der Waals surface area contributed by atoms with Gasteiger partial charge < -0.3 is 4.74 Å². The molecule has 1 nitrogen and oxygen atoms in total. The second-order valence-electron chi connectivity index (χ2n) is 5.09. The lowest BCUT2D eigenvalue weighted by Crippen LogP contribution is -2.32. The summed E-state index contributed by atoms with van der Waals surface area (Å²) in [5, 5.41) is -0.702. The molecule has 0 aromatic heterocycles. The zero-order valence-electron chi connectivity index (χ0n) is 12.0. The summed E-state index contributed by atoms with van der Waals surface area (Å²) in [4.78, 5) is 0.362. The van der Waals surface area contributed by atoms with E-state index in [-0.39, 0.29) is 6.42 Å². The third-order valence-electron chi connectivity index (χ3n) is 3.14. The normalized spacial score (nSPS) is 26.8. The van der Waals surface area contributed by atoms with Crippen molar-refractivity contribution in [3.63, 3.8) is 0 Å². The fraction of sp³-hybridized carbons (Fsp3) is 0.857. The van der Waals surface area contributed by atoms with E-state index in [0.717, 1.165) is 25.7 Å². The molecular formula is C14H21ClF4OS. The molecule has 124 valence electrons. The van der Waals surface area contributed by atoms with Crippen LogP contribution >= 0.6 is 23.4 Å². The maximum Gasteiger partial charge on any atom is 0.398 e. The molecule has 0 heterocycles. The lowest BCUT2D eigenvalue weighted by atomic mass is 10.0. The van der Waals surface area contributed by atoms with Crippen LogP contribution in [0.25, 0.3) is 0 Å². The molecule has 0 radical (unpaired) electrons. The van der Waals surface area contributed by atoms with Crippen LogP contribution in [0, 0.1) is 0 Å². The van der Waals surface area contributed by atoms with Crippen molar-refractivity contribution in [2.24, 2.45) is 0 Å². The van der Waals surface area contributed by atoms with E-state index in [1.807, 2.05) is 0 Å². The fourth-order valence-electron chi connectivity index (χ4n) is 2.02. The van der Waals surface area contributed by atoms with Gasteiger partial charge >= 0.3 is 6.18 Å². The number of rotatable bonds is 8. The first-order valence-electron chi connectivity index (χ1n) is 7.14. The lowest BCUT2D eigenvalue weighted by molar-refractivity contribution is -0.105. The Labute approximate surface area is 132 Å². The molecule has 0 aromatic rings. The summed E-state index contributed by atoms with van der Waals surface area (Å²) < 4.78 is 56.0. The Bertz CT molecular complexity index is 335. The van der Waals surface area contributed by atoms with Crippen molar-refractivity contribution in [1.29, 1.82) is 0 Å². The van der Waals surface area contributed by atoms with E-state index in [1.165, 1.54) is 6.08 Å². The molecule has 0 spiro atoms. The molecule has 7 heteroatoms. The summed E-state index contributed by atoms with van der Waals surface area (Å²) >= 11 is 6.55. The van der Waals surface area contributed by atoms with Crippen molar-refractivity contribution in [2.75, 3.05) is 12.4 Å². The van der Waals surface area contributed by atoms with Gasteiger partial charge in [0, 0.05) is 17.9 Å². The summed E-state index contributed by atoms with van der Waals surface area (Å²) in [6, 6.07) is 0. The molecule has 0 amide bonds.